The summed E-state index contributed by atoms with van der Waals surface area (Å²) >= 11 is 12.8. The summed E-state index contributed by atoms with van der Waals surface area (Å²) in [5, 5.41) is 58.8. The van der Waals surface area contributed by atoms with Crippen molar-refractivity contribution in [3.8, 4) is 0 Å². The summed E-state index contributed by atoms with van der Waals surface area (Å²) < 4.78 is 0. The minimum atomic E-state index is -1.53. The van der Waals surface area contributed by atoms with Crippen LogP contribution >= 0.6 is 34.5 Å². The Hall–Kier alpha value is -2.13. The molecule has 0 radical (unpaired) electrons. The van der Waals surface area contributed by atoms with Crippen LogP contribution in [0.15, 0.2) is 23.0 Å². The van der Waals surface area contributed by atoms with Crippen LogP contribution in [0.1, 0.15) is 26.6 Å². The third-order valence-electron chi connectivity index (χ3n) is 5.19. The molecule has 0 aliphatic carbocycles. The van der Waals surface area contributed by atoms with Crippen LogP contribution in [0.25, 0.3) is 10.2 Å². The molecular formula is C22H27Cl2N3O8S. The van der Waals surface area contributed by atoms with Crippen molar-refractivity contribution in [1.29, 1.82) is 0 Å². The molecule has 0 spiro atoms. The molecule has 8 N–H and O–H groups in total. The number of carboxylic acids is 1. The molecule has 36 heavy (non-hydrogen) atoms. The van der Waals surface area contributed by atoms with E-state index in [9.17, 15) is 24.9 Å². The van der Waals surface area contributed by atoms with Gasteiger partial charge in [0.05, 0.1) is 39.9 Å². The van der Waals surface area contributed by atoms with Crippen LogP contribution in [0.2, 0.25) is 10.0 Å². The maximum absolute atomic E-state index is 12.2. The first kappa shape index (κ1) is 30.1. The van der Waals surface area contributed by atoms with E-state index in [0.29, 0.717) is 32.7 Å². The topological polar surface area (TPSA) is 204 Å². The molecule has 0 fully saturated rings. The van der Waals surface area contributed by atoms with Crippen molar-refractivity contribution in [1.82, 2.24) is 9.97 Å². The Bertz CT molecular complexity index is 1250. The average Bonchev–Trinajstić information content (AvgIpc) is 3.17. The molecule has 0 bridgehead atoms. The fourth-order valence-electron chi connectivity index (χ4n) is 3.25. The second-order valence-electron chi connectivity index (χ2n) is 7.90. The van der Waals surface area contributed by atoms with E-state index in [-0.39, 0.29) is 22.4 Å². The highest BCUT2D eigenvalue weighted by molar-refractivity contribution is 7.20. The molecule has 0 unspecified atom stereocenters. The number of hydrogen-bond donors (Lipinski definition) is 7. The van der Waals surface area contributed by atoms with Crippen LogP contribution in [0.3, 0.4) is 0 Å². The van der Waals surface area contributed by atoms with E-state index in [2.05, 4.69) is 9.97 Å². The van der Waals surface area contributed by atoms with Crippen LogP contribution < -0.4 is 16.0 Å². The second kappa shape index (κ2) is 13.4. The third kappa shape index (κ3) is 7.44. The molecule has 1 aromatic carbocycles. The third-order valence-corrected chi connectivity index (χ3v) is 7.10. The Morgan fingerprint density at radius 2 is 1.81 bits per heavy atom. The average molecular weight is 564 g/mol. The van der Waals surface area contributed by atoms with Gasteiger partial charge in [-0.15, -0.1) is 11.3 Å². The van der Waals surface area contributed by atoms with E-state index in [1.54, 1.807) is 37.5 Å². The van der Waals surface area contributed by atoms with Gasteiger partial charge in [0.1, 0.15) is 41.6 Å². The molecule has 11 nitrogen and oxygen atoms in total. The molecule has 2 heterocycles. The predicted molar refractivity (Wildman–Crippen MR) is 132 cm³/mol. The first-order valence-corrected chi connectivity index (χ1v) is 12.3. The number of nitrogens with zero attached hydrogens (tertiary/aromatic N) is 1. The SMILES string of the molecule is C[NH2+]C[C@H](O)[C@@H](O)[C@H](O)[C@H](O)CO.Cc1c(C(=O)[O-])sc2nc(Cc3ccc(Cl)c(Cl)c3)[nH]c(=O)c12. The summed E-state index contributed by atoms with van der Waals surface area (Å²) in [5.41, 5.74) is 0.835. The zero-order valence-corrected chi connectivity index (χ0v) is 21.6. The number of likely N-dealkylation sites (N-methyl/N-ethyl adjacent to an activating group) is 1. The first-order chi connectivity index (χ1) is 16.9. The minimum absolute atomic E-state index is 0.0182. The number of aromatic nitrogens is 2. The maximum atomic E-state index is 12.2. The number of aliphatic hydroxyl groups excluding tert-OH is 5. The van der Waals surface area contributed by atoms with Crippen molar-refractivity contribution < 1.29 is 40.8 Å². The molecule has 0 aliphatic heterocycles. The Balaban J connectivity index is 0.000000302. The van der Waals surface area contributed by atoms with Crippen molar-refractivity contribution in [3.05, 3.63) is 60.4 Å². The van der Waals surface area contributed by atoms with E-state index in [1.807, 2.05) is 0 Å². The Morgan fingerprint density at radius 3 is 2.36 bits per heavy atom. The highest BCUT2D eigenvalue weighted by Crippen LogP contribution is 2.27. The van der Waals surface area contributed by atoms with Gasteiger partial charge in [0.15, 0.2) is 0 Å². The number of carboxylic acid groups (broad SMARTS) is 1. The van der Waals surface area contributed by atoms with Crippen molar-refractivity contribution in [2.75, 3.05) is 20.2 Å². The molecule has 0 aliphatic rings. The van der Waals surface area contributed by atoms with Gasteiger partial charge in [0, 0.05) is 6.42 Å². The predicted octanol–water partition coefficient (Wildman–Crippen LogP) is -1.83. The number of H-pyrrole nitrogens is 1. The number of halogens is 2. The molecule has 3 rings (SSSR count). The molecule has 3 aromatic rings. The normalized spacial score (nSPS) is 14.6. The summed E-state index contributed by atoms with van der Waals surface area (Å²) in [7, 11) is 1.70. The fourth-order valence-corrected chi connectivity index (χ4v) is 4.61. The maximum Gasteiger partial charge on any atom is 0.259 e. The number of carbonyl (C=O) groups is 1. The van der Waals surface area contributed by atoms with Gasteiger partial charge in [-0.3, -0.25) is 4.79 Å². The molecule has 14 heteroatoms. The summed E-state index contributed by atoms with van der Waals surface area (Å²) in [4.78, 5) is 30.7. The number of quaternary nitrogens is 1. The van der Waals surface area contributed by atoms with Crippen molar-refractivity contribution >= 4 is 50.7 Å². The monoisotopic (exact) mass is 563 g/mol. The Morgan fingerprint density at radius 1 is 1.17 bits per heavy atom. The lowest BCUT2D eigenvalue weighted by molar-refractivity contribution is -0.635. The van der Waals surface area contributed by atoms with Crippen LogP contribution in [-0.2, 0) is 6.42 Å². The lowest BCUT2D eigenvalue weighted by Crippen LogP contribution is -2.83. The Labute approximate surface area is 219 Å². The number of carbonyl (C=O) groups excluding carboxylic acids is 1. The van der Waals surface area contributed by atoms with Crippen LogP contribution in [0.5, 0.6) is 0 Å². The van der Waals surface area contributed by atoms with Gasteiger partial charge in [0.2, 0.25) is 0 Å². The molecule has 4 atom stereocenters. The molecule has 0 saturated carbocycles. The van der Waals surface area contributed by atoms with E-state index < -0.39 is 37.0 Å². The minimum Gasteiger partial charge on any atom is -0.544 e. The first-order valence-electron chi connectivity index (χ1n) is 10.7. The van der Waals surface area contributed by atoms with E-state index >= 15 is 0 Å². The van der Waals surface area contributed by atoms with Gasteiger partial charge in [-0.25, -0.2) is 4.98 Å². The van der Waals surface area contributed by atoms with Crippen LogP contribution in [0, 0.1) is 6.92 Å². The fraction of sp³-hybridized carbons (Fsp3) is 0.409. The lowest BCUT2D eigenvalue weighted by Gasteiger charge is -2.24. The zero-order chi connectivity index (χ0) is 27.2. The Kier molecular flexibility index (Phi) is 11.2. The van der Waals surface area contributed by atoms with Crippen molar-refractivity contribution in [2.24, 2.45) is 0 Å². The van der Waals surface area contributed by atoms with Crippen LogP contribution in [0.4, 0.5) is 0 Å². The van der Waals surface area contributed by atoms with Gasteiger partial charge in [-0.1, -0.05) is 29.3 Å². The lowest BCUT2D eigenvalue weighted by atomic mass is 10.0. The quantitative estimate of drug-likeness (QED) is 0.156. The summed E-state index contributed by atoms with van der Waals surface area (Å²) in [6.07, 6.45) is -5.18. The highest BCUT2D eigenvalue weighted by Gasteiger charge is 2.30. The molecule has 198 valence electrons. The number of fused-ring (bicyclic) bond motifs is 1. The van der Waals surface area contributed by atoms with Crippen LogP contribution in [-0.4, -0.2) is 86.1 Å². The summed E-state index contributed by atoms with van der Waals surface area (Å²) in [6, 6.07) is 5.14. The molecular weight excluding hydrogens is 537 g/mol. The number of hydrogen-bond acceptors (Lipinski definition) is 10. The largest absolute Gasteiger partial charge is 0.544 e. The van der Waals surface area contributed by atoms with Gasteiger partial charge in [0.25, 0.3) is 5.56 Å². The zero-order valence-electron chi connectivity index (χ0n) is 19.3. The summed E-state index contributed by atoms with van der Waals surface area (Å²) in [6.45, 7) is 1.14. The van der Waals surface area contributed by atoms with Crippen molar-refractivity contribution in [3.63, 3.8) is 0 Å². The molecule has 2 aromatic heterocycles. The molecule has 0 saturated heterocycles. The number of aliphatic hydroxyl groups is 5. The number of aromatic carboxylic acids is 1. The number of nitrogens with one attached hydrogen (secondary N) is 1. The number of thiophene rings is 1. The van der Waals surface area contributed by atoms with E-state index in [1.165, 1.54) is 0 Å². The number of benzene rings is 1. The molecule has 0 amide bonds. The van der Waals surface area contributed by atoms with Gasteiger partial charge >= 0.3 is 0 Å². The smallest absolute Gasteiger partial charge is 0.259 e. The van der Waals surface area contributed by atoms with Gasteiger partial charge < -0.3 is 45.7 Å². The van der Waals surface area contributed by atoms with E-state index in [4.69, 9.17) is 38.5 Å². The number of aryl methyl sites for hydroxylation is 1. The summed E-state index contributed by atoms with van der Waals surface area (Å²) in [5.74, 6) is -0.886. The highest BCUT2D eigenvalue weighted by atomic mass is 35.5. The number of aromatic amines is 1. The number of nitrogens with two attached hydrogens (primary N) is 1. The second-order valence-corrected chi connectivity index (χ2v) is 9.72. The standard InChI is InChI=1S/C15H10Cl2N2O3S.C7H17NO5/c1-6-11-13(20)18-10(19-14(11)23-12(6)15(21)22)5-7-2-3-8(16)9(17)4-7;1-8-2-4(10)6(12)7(13)5(11)3-9/h2-4H,5H2,1H3,(H,21,22)(H,18,19,20);4-13H,2-3H2,1H3/t;4-,5+,6+,7+/m.0/s1. The van der Waals surface area contributed by atoms with Crippen molar-refractivity contribution in [2.45, 2.75) is 37.8 Å². The number of rotatable bonds is 9. The van der Waals surface area contributed by atoms with Gasteiger partial charge in [-0.05, 0) is 30.2 Å². The van der Waals surface area contributed by atoms with Gasteiger partial charge in [-0.2, -0.15) is 0 Å². The van der Waals surface area contributed by atoms with E-state index in [0.717, 1.165) is 16.9 Å².